The van der Waals surface area contributed by atoms with Crippen LogP contribution in [0.1, 0.15) is 11.6 Å². The quantitative estimate of drug-likeness (QED) is 0.607. The first-order valence-electron chi connectivity index (χ1n) is 4.01. The Morgan fingerprint density at radius 1 is 1.58 bits per heavy atom. The van der Waals surface area contributed by atoms with Crippen LogP contribution < -0.4 is 15.8 Å². The molecule has 2 rings (SSSR count). The molecule has 0 fully saturated rings. The number of nitrogens with two attached hydrogens (primary N) is 1. The lowest BCUT2D eigenvalue weighted by Gasteiger charge is -2.05. The molecule has 1 aromatic rings. The minimum absolute atomic E-state index is 0.320. The van der Waals surface area contributed by atoms with E-state index in [4.69, 9.17) is 10.5 Å². The second-order valence-electron chi connectivity index (χ2n) is 2.95. The Balaban J connectivity index is 2.40. The lowest BCUT2D eigenvalue weighted by Crippen LogP contribution is -2.17. The van der Waals surface area contributed by atoms with Gasteiger partial charge in [0.05, 0.1) is 6.04 Å². The molecule has 12 heavy (non-hydrogen) atoms. The average molecular weight is 164 g/mol. The van der Waals surface area contributed by atoms with Crippen LogP contribution in [0.3, 0.4) is 0 Å². The van der Waals surface area contributed by atoms with Crippen LogP contribution >= 0.6 is 0 Å². The molecule has 0 amide bonds. The van der Waals surface area contributed by atoms with Gasteiger partial charge in [-0.05, 0) is 13.1 Å². The summed E-state index contributed by atoms with van der Waals surface area (Å²) in [5.41, 5.74) is 7.57. The van der Waals surface area contributed by atoms with Crippen molar-refractivity contribution in [2.24, 2.45) is 0 Å². The van der Waals surface area contributed by atoms with Crippen LogP contribution in [0.25, 0.3) is 0 Å². The van der Waals surface area contributed by atoms with E-state index in [1.54, 1.807) is 0 Å². The van der Waals surface area contributed by atoms with Crippen molar-refractivity contribution in [3.8, 4) is 5.75 Å². The average Bonchev–Trinajstić information content (AvgIpc) is 2.46. The molecule has 0 unspecified atom stereocenters. The van der Waals surface area contributed by atoms with Gasteiger partial charge in [-0.1, -0.05) is 6.07 Å². The van der Waals surface area contributed by atoms with Crippen LogP contribution in [0.5, 0.6) is 5.75 Å². The van der Waals surface area contributed by atoms with Crippen LogP contribution in [-0.2, 0) is 0 Å². The van der Waals surface area contributed by atoms with Gasteiger partial charge in [0.25, 0.3) is 0 Å². The van der Waals surface area contributed by atoms with E-state index in [1.165, 1.54) is 5.56 Å². The Bertz CT molecular complexity index is 299. The molecule has 3 nitrogen and oxygen atoms in total. The first-order chi connectivity index (χ1) is 5.81. The topological polar surface area (TPSA) is 47.3 Å². The van der Waals surface area contributed by atoms with E-state index in [-0.39, 0.29) is 0 Å². The first kappa shape index (κ1) is 7.43. The molecule has 0 aromatic heterocycles. The summed E-state index contributed by atoms with van der Waals surface area (Å²) >= 11 is 0. The summed E-state index contributed by atoms with van der Waals surface area (Å²) in [7, 11) is 1.93. The van der Waals surface area contributed by atoms with Crippen molar-refractivity contribution in [1.82, 2.24) is 5.32 Å². The summed E-state index contributed by atoms with van der Waals surface area (Å²) in [4.78, 5) is 0. The van der Waals surface area contributed by atoms with Crippen molar-refractivity contribution in [2.45, 2.75) is 6.04 Å². The monoisotopic (exact) mass is 164 g/mol. The minimum atomic E-state index is 0.320. The number of likely N-dealkylation sites (N-methyl/N-ethyl adjacent to an activating group) is 1. The Kier molecular flexibility index (Phi) is 1.66. The van der Waals surface area contributed by atoms with Gasteiger partial charge >= 0.3 is 0 Å². The minimum Gasteiger partial charge on any atom is -0.491 e. The predicted octanol–water partition coefficient (Wildman–Crippen LogP) is 0.922. The van der Waals surface area contributed by atoms with Crippen LogP contribution in [0, 0.1) is 0 Å². The van der Waals surface area contributed by atoms with Gasteiger partial charge in [0, 0.05) is 17.3 Å². The molecule has 1 aliphatic heterocycles. The summed E-state index contributed by atoms with van der Waals surface area (Å²) in [6.07, 6.45) is 0. The highest BCUT2D eigenvalue weighted by atomic mass is 16.5. The molecule has 0 spiro atoms. The molecular weight excluding hydrogens is 152 g/mol. The first-order valence-corrected chi connectivity index (χ1v) is 4.01. The van der Waals surface area contributed by atoms with Crippen molar-refractivity contribution in [2.75, 3.05) is 19.4 Å². The predicted molar refractivity (Wildman–Crippen MR) is 48.2 cm³/mol. The molecule has 3 N–H and O–H groups in total. The zero-order valence-corrected chi connectivity index (χ0v) is 7.00. The van der Waals surface area contributed by atoms with Gasteiger partial charge in [-0.25, -0.2) is 0 Å². The number of ether oxygens (including phenoxy) is 1. The summed E-state index contributed by atoms with van der Waals surface area (Å²) in [5.74, 6) is 0.911. The van der Waals surface area contributed by atoms with Crippen molar-refractivity contribution >= 4 is 5.69 Å². The third kappa shape index (κ3) is 1.02. The Morgan fingerprint density at radius 2 is 2.42 bits per heavy atom. The standard InChI is InChI=1S/C9H12N2O/c1-11-8-5-12-9-4-6(10)2-3-7(8)9/h2-4,8,11H,5,10H2,1H3/t8-/m1/s1. The molecule has 0 radical (unpaired) electrons. The zero-order valence-electron chi connectivity index (χ0n) is 7.00. The van der Waals surface area contributed by atoms with Crippen LogP contribution in [0.2, 0.25) is 0 Å². The highest BCUT2D eigenvalue weighted by molar-refractivity contribution is 5.51. The van der Waals surface area contributed by atoms with E-state index in [0.29, 0.717) is 12.6 Å². The second-order valence-corrected chi connectivity index (χ2v) is 2.95. The number of rotatable bonds is 1. The fourth-order valence-electron chi connectivity index (χ4n) is 1.47. The van der Waals surface area contributed by atoms with Gasteiger partial charge in [-0.3, -0.25) is 0 Å². The molecule has 1 atom stereocenters. The van der Waals surface area contributed by atoms with Crippen molar-refractivity contribution < 1.29 is 4.74 Å². The van der Waals surface area contributed by atoms with Gasteiger partial charge < -0.3 is 15.8 Å². The lowest BCUT2D eigenvalue weighted by atomic mass is 10.1. The fourth-order valence-corrected chi connectivity index (χ4v) is 1.47. The summed E-state index contributed by atoms with van der Waals surface area (Å²) in [6, 6.07) is 6.10. The number of hydrogen-bond donors (Lipinski definition) is 2. The van der Waals surface area contributed by atoms with Crippen LogP contribution in [0.15, 0.2) is 18.2 Å². The van der Waals surface area contributed by atoms with Gasteiger partial charge in [0.2, 0.25) is 0 Å². The maximum Gasteiger partial charge on any atom is 0.126 e. The van der Waals surface area contributed by atoms with Crippen LogP contribution in [-0.4, -0.2) is 13.7 Å². The number of nitrogens with one attached hydrogen (secondary N) is 1. The fraction of sp³-hybridized carbons (Fsp3) is 0.333. The molecular formula is C9H12N2O. The summed E-state index contributed by atoms with van der Waals surface area (Å²) in [6.45, 7) is 0.704. The molecule has 1 aliphatic rings. The number of benzene rings is 1. The Labute approximate surface area is 71.5 Å². The van der Waals surface area contributed by atoms with Crippen molar-refractivity contribution in [3.05, 3.63) is 23.8 Å². The second kappa shape index (κ2) is 2.68. The maximum atomic E-state index is 5.62. The number of anilines is 1. The number of hydrogen-bond acceptors (Lipinski definition) is 3. The molecule has 0 bridgehead atoms. The molecule has 3 heteroatoms. The molecule has 0 saturated heterocycles. The van der Waals surface area contributed by atoms with Gasteiger partial charge in [0.15, 0.2) is 0 Å². The number of nitrogen functional groups attached to an aromatic ring is 1. The third-order valence-electron chi connectivity index (χ3n) is 2.17. The smallest absolute Gasteiger partial charge is 0.126 e. The van der Waals surface area contributed by atoms with E-state index in [2.05, 4.69) is 5.32 Å². The molecule has 1 heterocycles. The molecule has 0 aliphatic carbocycles. The van der Waals surface area contributed by atoms with Crippen LogP contribution in [0.4, 0.5) is 5.69 Å². The summed E-state index contributed by atoms with van der Waals surface area (Å²) < 4.78 is 5.44. The number of fused-ring (bicyclic) bond motifs is 1. The third-order valence-corrected chi connectivity index (χ3v) is 2.17. The highest BCUT2D eigenvalue weighted by Crippen LogP contribution is 2.33. The molecule has 1 aromatic carbocycles. The zero-order chi connectivity index (χ0) is 8.55. The van der Waals surface area contributed by atoms with E-state index >= 15 is 0 Å². The lowest BCUT2D eigenvalue weighted by molar-refractivity contribution is 0.318. The Morgan fingerprint density at radius 3 is 3.17 bits per heavy atom. The van der Waals surface area contributed by atoms with Crippen molar-refractivity contribution in [1.29, 1.82) is 0 Å². The SMILES string of the molecule is CN[C@@H]1COc2cc(N)ccc21. The van der Waals surface area contributed by atoms with E-state index in [9.17, 15) is 0 Å². The van der Waals surface area contributed by atoms with Crippen molar-refractivity contribution in [3.63, 3.8) is 0 Å². The van der Waals surface area contributed by atoms with Gasteiger partial charge in [-0.15, -0.1) is 0 Å². The largest absolute Gasteiger partial charge is 0.491 e. The Hall–Kier alpha value is -1.22. The maximum absolute atomic E-state index is 5.62. The molecule has 0 saturated carbocycles. The van der Waals surface area contributed by atoms with Gasteiger partial charge in [0.1, 0.15) is 12.4 Å². The molecule has 64 valence electrons. The van der Waals surface area contributed by atoms with E-state index < -0.39 is 0 Å². The van der Waals surface area contributed by atoms with E-state index in [0.717, 1.165) is 11.4 Å². The highest BCUT2D eigenvalue weighted by Gasteiger charge is 2.21. The van der Waals surface area contributed by atoms with Gasteiger partial charge in [-0.2, -0.15) is 0 Å². The van der Waals surface area contributed by atoms with E-state index in [1.807, 2.05) is 25.2 Å². The summed E-state index contributed by atoms with van der Waals surface area (Å²) in [5, 5.41) is 3.17. The normalized spacial score (nSPS) is 20.2.